The fraction of sp³-hybridized carbons (Fsp3) is 0.417. The Hall–Kier alpha value is -0.520. The number of aromatic amines is 1. The lowest BCUT2D eigenvalue weighted by Gasteiger charge is -2.22. The monoisotopic (exact) mass is 304 g/mol. The van der Waals surface area contributed by atoms with E-state index in [2.05, 4.69) is 25.1 Å². The lowest BCUT2D eigenvalue weighted by Crippen LogP contribution is -2.22. The van der Waals surface area contributed by atoms with Crippen molar-refractivity contribution in [2.24, 2.45) is 0 Å². The van der Waals surface area contributed by atoms with Crippen LogP contribution in [-0.4, -0.2) is 20.6 Å². The number of hydrogen-bond donors (Lipinski definition) is 1. The zero-order chi connectivity index (χ0) is 13.5. The summed E-state index contributed by atoms with van der Waals surface area (Å²) >= 11 is 12.9. The Morgan fingerprint density at radius 3 is 2.78 bits per heavy atom. The number of fused-ring (bicyclic) bond motifs is 1. The molecular weight excluding hydrogens is 291 g/mol. The van der Waals surface area contributed by atoms with Gasteiger partial charge >= 0.3 is 0 Å². The highest BCUT2D eigenvalue weighted by atomic mass is 35.5. The molecule has 0 bridgehead atoms. The van der Waals surface area contributed by atoms with E-state index in [0.717, 1.165) is 12.1 Å². The molecule has 0 fully saturated rings. The van der Waals surface area contributed by atoms with Crippen molar-refractivity contribution >= 4 is 46.6 Å². The van der Waals surface area contributed by atoms with Crippen LogP contribution in [0.3, 0.4) is 0 Å². The van der Waals surface area contributed by atoms with Crippen LogP contribution in [0.4, 0.5) is 4.39 Å². The number of nitrogens with one attached hydrogen (secondary N) is 1. The van der Waals surface area contributed by atoms with E-state index in [4.69, 9.17) is 23.8 Å². The van der Waals surface area contributed by atoms with Crippen LogP contribution in [0.2, 0.25) is 5.02 Å². The van der Waals surface area contributed by atoms with E-state index in [9.17, 15) is 4.39 Å². The van der Waals surface area contributed by atoms with E-state index in [0.29, 0.717) is 10.3 Å². The maximum Gasteiger partial charge on any atom is 0.178 e. The quantitative estimate of drug-likeness (QED) is 0.834. The molecule has 0 amide bonds. The second-order valence-corrected chi connectivity index (χ2v) is 7.07. The molecule has 2 rings (SSSR count). The molecule has 0 saturated heterocycles. The van der Waals surface area contributed by atoms with E-state index < -0.39 is 5.82 Å². The van der Waals surface area contributed by atoms with Gasteiger partial charge in [0.15, 0.2) is 4.77 Å². The minimum Gasteiger partial charge on any atom is -0.330 e. The summed E-state index contributed by atoms with van der Waals surface area (Å²) < 4.78 is 16.0. The standard InChI is InChI=1S/C12H14ClFN2S2/c1-12(2,18-3)6-16-10-4-7(13)8(14)5-9(10)15-11(16)17/h4-5H,6H2,1-3H3,(H,15,17). The summed E-state index contributed by atoms with van der Waals surface area (Å²) in [6, 6.07) is 3.00. The van der Waals surface area contributed by atoms with Gasteiger partial charge in [-0.3, -0.25) is 0 Å². The summed E-state index contributed by atoms with van der Waals surface area (Å²) in [5.41, 5.74) is 1.52. The molecule has 1 heterocycles. The highest BCUT2D eigenvalue weighted by Gasteiger charge is 2.19. The highest BCUT2D eigenvalue weighted by molar-refractivity contribution is 7.99. The van der Waals surface area contributed by atoms with Crippen LogP contribution in [0.25, 0.3) is 11.0 Å². The Morgan fingerprint density at radius 1 is 1.50 bits per heavy atom. The fourth-order valence-electron chi connectivity index (χ4n) is 1.75. The maximum absolute atomic E-state index is 13.4. The Labute approximate surface area is 120 Å². The topological polar surface area (TPSA) is 20.7 Å². The Balaban J connectivity index is 2.60. The first-order valence-electron chi connectivity index (χ1n) is 5.47. The van der Waals surface area contributed by atoms with Crippen molar-refractivity contribution in [3.63, 3.8) is 0 Å². The number of thioether (sulfide) groups is 1. The van der Waals surface area contributed by atoms with Crippen molar-refractivity contribution in [1.82, 2.24) is 9.55 Å². The first-order valence-corrected chi connectivity index (χ1v) is 7.48. The van der Waals surface area contributed by atoms with Crippen LogP contribution in [0.15, 0.2) is 12.1 Å². The largest absolute Gasteiger partial charge is 0.330 e. The Morgan fingerprint density at radius 2 is 2.17 bits per heavy atom. The first-order chi connectivity index (χ1) is 8.34. The molecule has 2 aromatic rings. The van der Waals surface area contributed by atoms with Crippen LogP contribution in [-0.2, 0) is 6.54 Å². The normalized spacial score (nSPS) is 12.3. The summed E-state index contributed by atoms with van der Waals surface area (Å²) in [6.45, 7) is 5.03. The molecule has 1 aromatic heterocycles. The van der Waals surface area contributed by atoms with Crippen LogP contribution in [0, 0.1) is 10.6 Å². The number of hydrogen-bond acceptors (Lipinski definition) is 2. The van der Waals surface area contributed by atoms with Gasteiger partial charge in [-0.05, 0) is 38.4 Å². The third-order valence-electron chi connectivity index (χ3n) is 2.91. The minimum atomic E-state index is -0.434. The third-order valence-corrected chi connectivity index (χ3v) is 4.75. The van der Waals surface area contributed by atoms with E-state index in [1.54, 1.807) is 17.8 Å². The molecule has 0 unspecified atom stereocenters. The molecule has 0 saturated carbocycles. The molecule has 1 aromatic carbocycles. The third kappa shape index (κ3) is 2.58. The van der Waals surface area contributed by atoms with E-state index in [1.165, 1.54) is 6.07 Å². The van der Waals surface area contributed by atoms with Gasteiger partial charge in [-0.1, -0.05) is 11.6 Å². The van der Waals surface area contributed by atoms with Crippen molar-refractivity contribution in [3.8, 4) is 0 Å². The zero-order valence-corrected chi connectivity index (χ0v) is 12.8. The van der Waals surface area contributed by atoms with Crippen molar-refractivity contribution in [2.75, 3.05) is 6.26 Å². The van der Waals surface area contributed by atoms with Gasteiger partial charge in [0.05, 0.1) is 16.1 Å². The molecule has 0 aliphatic rings. The van der Waals surface area contributed by atoms with Gasteiger partial charge in [-0.25, -0.2) is 4.39 Å². The summed E-state index contributed by atoms with van der Waals surface area (Å²) in [5, 5.41) is 0.118. The van der Waals surface area contributed by atoms with Gasteiger partial charge < -0.3 is 9.55 Å². The predicted molar refractivity (Wildman–Crippen MR) is 79.7 cm³/mol. The van der Waals surface area contributed by atoms with Crippen LogP contribution in [0.5, 0.6) is 0 Å². The van der Waals surface area contributed by atoms with Gasteiger partial charge in [0.2, 0.25) is 0 Å². The molecule has 18 heavy (non-hydrogen) atoms. The summed E-state index contributed by atoms with van der Waals surface area (Å²) in [6.07, 6.45) is 2.06. The number of aromatic nitrogens is 2. The highest BCUT2D eigenvalue weighted by Crippen LogP contribution is 2.28. The summed E-state index contributed by atoms with van der Waals surface area (Å²) in [5.74, 6) is -0.434. The lowest BCUT2D eigenvalue weighted by molar-refractivity contribution is 0.574. The summed E-state index contributed by atoms with van der Waals surface area (Å²) in [4.78, 5) is 3.01. The SMILES string of the molecule is CSC(C)(C)Cn1c(=S)[nH]c2cc(F)c(Cl)cc21. The molecule has 0 radical (unpaired) electrons. The van der Waals surface area contributed by atoms with Gasteiger partial charge in [0.1, 0.15) is 5.82 Å². The Kier molecular flexibility index (Phi) is 3.76. The molecule has 6 heteroatoms. The van der Waals surface area contributed by atoms with Crippen molar-refractivity contribution < 1.29 is 4.39 Å². The van der Waals surface area contributed by atoms with Crippen molar-refractivity contribution in [2.45, 2.75) is 25.1 Å². The van der Waals surface area contributed by atoms with Crippen LogP contribution in [0.1, 0.15) is 13.8 Å². The molecule has 2 nitrogen and oxygen atoms in total. The number of halogens is 2. The van der Waals surface area contributed by atoms with E-state index in [-0.39, 0.29) is 9.77 Å². The second-order valence-electron chi connectivity index (χ2n) is 4.76. The van der Waals surface area contributed by atoms with Gasteiger partial charge in [0, 0.05) is 17.4 Å². The van der Waals surface area contributed by atoms with Crippen molar-refractivity contribution in [3.05, 3.63) is 27.7 Å². The second kappa shape index (κ2) is 4.87. The van der Waals surface area contributed by atoms with Crippen LogP contribution >= 0.6 is 35.6 Å². The summed E-state index contributed by atoms with van der Waals surface area (Å²) in [7, 11) is 0. The van der Waals surface area contributed by atoms with E-state index >= 15 is 0 Å². The number of benzene rings is 1. The molecule has 0 atom stereocenters. The molecule has 1 N–H and O–H groups in total. The van der Waals surface area contributed by atoms with E-state index in [1.807, 2.05) is 4.57 Å². The first kappa shape index (κ1) is 13.9. The fourth-order valence-corrected chi connectivity index (χ4v) is 2.44. The number of H-pyrrole nitrogens is 1. The minimum absolute atomic E-state index is 0.0498. The molecular formula is C12H14ClFN2S2. The number of rotatable bonds is 3. The molecule has 0 aliphatic heterocycles. The average molecular weight is 305 g/mol. The number of imidazole rings is 1. The molecule has 98 valence electrons. The molecule has 0 spiro atoms. The average Bonchev–Trinajstić information content (AvgIpc) is 2.57. The predicted octanol–water partition coefficient (Wildman–Crippen LogP) is 4.63. The van der Waals surface area contributed by atoms with Gasteiger partial charge in [-0.2, -0.15) is 11.8 Å². The Bertz CT molecular complexity index is 645. The van der Waals surface area contributed by atoms with Gasteiger partial charge in [0.25, 0.3) is 0 Å². The molecule has 0 aliphatic carbocycles. The zero-order valence-electron chi connectivity index (χ0n) is 10.4. The van der Waals surface area contributed by atoms with Crippen molar-refractivity contribution in [1.29, 1.82) is 0 Å². The maximum atomic E-state index is 13.4. The smallest absolute Gasteiger partial charge is 0.178 e. The van der Waals surface area contributed by atoms with Crippen LogP contribution < -0.4 is 0 Å². The lowest BCUT2D eigenvalue weighted by atomic mass is 10.2. The van der Waals surface area contributed by atoms with Gasteiger partial charge in [-0.15, -0.1) is 0 Å². The number of nitrogens with zero attached hydrogens (tertiary/aromatic N) is 1.